The molecule has 3 aromatic rings. The molecule has 4 nitrogen and oxygen atoms in total. The minimum Gasteiger partial charge on any atom is -0.373 e. The van der Waals surface area contributed by atoms with Crippen molar-refractivity contribution in [3.05, 3.63) is 58.4 Å². The van der Waals surface area contributed by atoms with Crippen molar-refractivity contribution in [2.45, 2.75) is 60.0 Å². The fraction of sp³-hybridized carbons (Fsp3) is 0.417. The van der Waals surface area contributed by atoms with Crippen molar-refractivity contribution in [1.29, 1.82) is 0 Å². The van der Waals surface area contributed by atoms with Crippen LogP contribution in [-0.2, 0) is 11.2 Å². The molecule has 1 fully saturated rings. The third kappa shape index (κ3) is 4.15. The van der Waals surface area contributed by atoms with Gasteiger partial charge >= 0.3 is 0 Å². The number of carbonyl (C=O) groups excluding carboxylic acids is 1. The van der Waals surface area contributed by atoms with Gasteiger partial charge < -0.3 is 9.14 Å². The molecule has 1 saturated heterocycles. The van der Waals surface area contributed by atoms with Gasteiger partial charge in [0.15, 0.2) is 5.78 Å². The van der Waals surface area contributed by atoms with Gasteiger partial charge in [-0.2, -0.15) is 0 Å². The first kappa shape index (κ1) is 22.1. The van der Waals surface area contributed by atoms with Gasteiger partial charge in [0.05, 0.1) is 29.7 Å². The predicted molar refractivity (Wildman–Crippen MR) is 114 cm³/mol. The molecular formula is C24H28F2N2O2. The van der Waals surface area contributed by atoms with Gasteiger partial charge in [-0.15, -0.1) is 0 Å². The summed E-state index contributed by atoms with van der Waals surface area (Å²) in [7, 11) is 0. The first-order valence-corrected chi connectivity index (χ1v) is 10.5. The maximum absolute atomic E-state index is 15.1. The second-order valence-corrected chi connectivity index (χ2v) is 7.39. The summed E-state index contributed by atoms with van der Waals surface area (Å²) < 4.78 is 37.4. The Hall–Kier alpha value is -2.60. The van der Waals surface area contributed by atoms with E-state index in [2.05, 4.69) is 4.98 Å². The molecule has 0 aliphatic carbocycles. The molecule has 0 saturated carbocycles. The van der Waals surface area contributed by atoms with Crippen LogP contribution in [0.2, 0.25) is 0 Å². The number of halogens is 2. The number of carbonyl (C=O) groups is 1. The zero-order valence-electron chi connectivity index (χ0n) is 18.2. The normalized spacial score (nSPS) is 15.1. The van der Waals surface area contributed by atoms with E-state index in [0.717, 1.165) is 17.3 Å². The lowest BCUT2D eigenvalue weighted by atomic mass is 9.96. The molecule has 6 heteroatoms. The average molecular weight is 414 g/mol. The lowest BCUT2D eigenvalue weighted by Crippen LogP contribution is -2.08. The third-order valence-corrected chi connectivity index (χ3v) is 5.17. The highest BCUT2D eigenvalue weighted by molar-refractivity contribution is 5.97. The Morgan fingerprint density at radius 1 is 1.27 bits per heavy atom. The summed E-state index contributed by atoms with van der Waals surface area (Å²) in [6.45, 7) is 9.94. The number of epoxide rings is 1. The van der Waals surface area contributed by atoms with Crippen LogP contribution in [0, 0.1) is 25.5 Å². The number of aromatic nitrogens is 2. The van der Waals surface area contributed by atoms with E-state index in [9.17, 15) is 9.18 Å². The average Bonchev–Trinajstić information content (AvgIpc) is 3.48. The number of pyridine rings is 1. The number of nitrogens with zero attached hydrogens (tertiary/aromatic N) is 2. The number of imidazole rings is 1. The van der Waals surface area contributed by atoms with Gasteiger partial charge in [0.1, 0.15) is 17.3 Å². The van der Waals surface area contributed by atoms with E-state index in [0.29, 0.717) is 30.8 Å². The van der Waals surface area contributed by atoms with Crippen molar-refractivity contribution in [1.82, 2.24) is 9.38 Å². The van der Waals surface area contributed by atoms with Gasteiger partial charge in [0.25, 0.3) is 0 Å². The van der Waals surface area contributed by atoms with E-state index in [-0.39, 0.29) is 35.0 Å². The zero-order valence-corrected chi connectivity index (χ0v) is 18.2. The molecule has 1 aromatic carbocycles. The third-order valence-electron chi connectivity index (χ3n) is 5.17. The van der Waals surface area contributed by atoms with E-state index in [4.69, 9.17) is 4.74 Å². The molecule has 1 aliphatic rings. The number of ether oxygens (including phenoxy) is 1. The van der Waals surface area contributed by atoms with Crippen LogP contribution in [0.4, 0.5) is 8.78 Å². The van der Waals surface area contributed by atoms with Crippen LogP contribution in [-0.4, -0.2) is 27.9 Å². The van der Waals surface area contributed by atoms with E-state index in [1.165, 1.54) is 6.92 Å². The molecule has 0 amide bonds. The number of aryl methyl sites for hydroxylation is 1. The Balaban J connectivity index is 0.00000124. The number of ketones is 1. The quantitative estimate of drug-likeness (QED) is 0.376. The standard InChI is InChI=1S/C22H22F2N2O2.C2H6/c1-4-5-18(27)15-10-16(23)20(13(3)21(15)24)22-17(9-14-11-28-14)26-7-6-12(2)8-19(26)25-22;1-2/h6-8,10,14H,4-5,9,11H2,1-3H3;1-2H3. The Bertz CT molecular complexity index is 1080. The SMILES string of the molecule is CC.CCCC(=O)c1cc(F)c(-c2nc3cc(C)ccn3c2CC2CO2)c(C)c1F. The van der Waals surface area contributed by atoms with Crippen LogP contribution in [0.1, 0.15) is 60.8 Å². The minimum absolute atomic E-state index is 0.0681. The summed E-state index contributed by atoms with van der Waals surface area (Å²) in [6, 6.07) is 4.87. The Kier molecular flexibility index (Phi) is 6.66. The number of fused-ring (bicyclic) bond motifs is 1. The molecule has 0 N–H and O–H groups in total. The summed E-state index contributed by atoms with van der Waals surface area (Å²) in [4.78, 5) is 16.8. The van der Waals surface area contributed by atoms with Crippen molar-refractivity contribution >= 4 is 11.4 Å². The molecule has 1 atom stereocenters. The smallest absolute Gasteiger partial charge is 0.165 e. The highest BCUT2D eigenvalue weighted by atomic mass is 19.1. The molecule has 4 rings (SSSR count). The fourth-order valence-electron chi connectivity index (χ4n) is 3.60. The Labute approximate surface area is 175 Å². The molecule has 2 aromatic heterocycles. The van der Waals surface area contributed by atoms with E-state index < -0.39 is 11.6 Å². The van der Waals surface area contributed by atoms with Crippen molar-refractivity contribution in [2.24, 2.45) is 0 Å². The molecule has 0 radical (unpaired) electrons. The van der Waals surface area contributed by atoms with Crippen LogP contribution >= 0.6 is 0 Å². The summed E-state index contributed by atoms with van der Waals surface area (Å²) >= 11 is 0. The van der Waals surface area contributed by atoms with Crippen molar-refractivity contribution in [2.75, 3.05) is 6.61 Å². The molecule has 1 unspecified atom stereocenters. The topological polar surface area (TPSA) is 46.9 Å². The summed E-state index contributed by atoms with van der Waals surface area (Å²) in [5.41, 5.74) is 2.93. The lowest BCUT2D eigenvalue weighted by Gasteiger charge is -2.12. The van der Waals surface area contributed by atoms with E-state index >= 15 is 4.39 Å². The van der Waals surface area contributed by atoms with E-state index in [1.807, 2.05) is 50.4 Å². The van der Waals surface area contributed by atoms with Crippen LogP contribution < -0.4 is 0 Å². The summed E-state index contributed by atoms with van der Waals surface area (Å²) in [6.07, 6.45) is 3.29. The number of hydrogen-bond acceptors (Lipinski definition) is 3. The maximum atomic E-state index is 15.1. The van der Waals surface area contributed by atoms with Crippen molar-refractivity contribution < 1.29 is 18.3 Å². The summed E-state index contributed by atoms with van der Waals surface area (Å²) in [5, 5.41) is 0. The molecule has 0 bridgehead atoms. The number of Topliss-reactive ketones (excluding diaryl/α,β-unsaturated/α-hetero) is 1. The van der Waals surface area contributed by atoms with Gasteiger partial charge in [0.2, 0.25) is 0 Å². The first-order valence-electron chi connectivity index (χ1n) is 10.5. The monoisotopic (exact) mass is 414 g/mol. The maximum Gasteiger partial charge on any atom is 0.165 e. The van der Waals surface area contributed by atoms with Gasteiger partial charge in [-0.05, 0) is 49.6 Å². The van der Waals surface area contributed by atoms with Gasteiger partial charge in [0, 0.05) is 24.6 Å². The van der Waals surface area contributed by atoms with Crippen molar-refractivity contribution in [3.8, 4) is 11.3 Å². The second-order valence-electron chi connectivity index (χ2n) is 7.39. The highest BCUT2D eigenvalue weighted by Crippen LogP contribution is 2.35. The van der Waals surface area contributed by atoms with Crippen LogP contribution in [0.3, 0.4) is 0 Å². The largest absolute Gasteiger partial charge is 0.373 e. The number of rotatable bonds is 6. The highest BCUT2D eigenvalue weighted by Gasteiger charge is 2.29. The molecule has 30 heavy (non-hydrogen) atoms. The zero-order chi connectivity index (χ0) is 22.0. The fourth-order valence-corrected chi connectivity index (χ4v) is 3.60. The summed E-state index contributed by atoms with van der Waals surface area (Å²) in [5.74, 6) is -1.68. The predicted octanol–water partition coefficient (Wildman–Crippen LogP) is 5.85. The Morgan fingerprint density at radius 2 is 1.97 bits per heavy atom. The second kappa shape index (κ2) is 9.04. The minimum atomic E-state index is -0.670. The van der Waals surface area contributed by atoms with E-state index in [1.54, 1.807) is 0 Å². The molecule has 1 aliphatic heterocycles. The van der Waals surface area contributed by atoms with Gasteiger partial charge in [-0.25, -0.2) is 13.8 Å². The molecular weight excluding hydrogens is 386 g/mol. The first-order chi connectivity index (χ1) is 14.4. The van der Waals surface area contributed by atoms with Crippen LogP contribution in [0.5, 0.6) is 0 Å². The molecule has 0 spiro atoms. The number of hydrogen-bond donors (Lipinski definition) is 0. The van der Waals surface area contributed by atoms with Crippen molar-refractivity contribution in [3.63, 3.8) is 0 Å². The lowest BCUT2D eigenvalue weighted by molar-refractivity contribution is 0.0977. The van der Waals surface area contributed by atoms with Gasteiger partial charge in [-0.1, -0.05) is 20.8 Å². The van der Waals surface area contributed by atoms with Crippen LogP contribution in [0.25, 0.3) is 16.9 Å². The van der Waals surface area contributed by atoms with Crippen LogP contribution in [0.15, 0.2) is 24.4 Å². The molecule has 3 heterocycles. The molecule has 160 valence electrons. The van der Waals surface area contributed by atoms with Gasteiger partial charge in [-0.3, -0.25) is 4.79 Å². The Morgan fingerprint density at radius 3 is 2.60 bits per heavy atom. The number of benzene rings is 1.